The Bertz CT molecular complexity index is 802. The van der Waals surface area contributed by atoms with Gasteiger partial charge in [0, 0.05) is 12.8 Å². The summed E-state index contributed by atoms with van der Waals surface area (Å²) in [4.78, 5) is 0. The third kappa shape index (κ3) is 4.25. The van der Waals surface area contributed by atoms with Crippen LogP contribution in [-0.4, -0.2) is 27.1 Å². The van der Waals surface area contributed by atoms with Crippen LogP contribution in [0.4, 0.5) is 0 Å². The molecule has 2 aromatic heterocycles. The quantitative estimate of drug-likeness (QED) is 0.479. The van der Waals surface area contributed by atoms with Gasteiger partial charge in [0.25, 0.3) is 0 Å². The van der Waals surface area contributed by atoms with Gasteiger partial charge in [0.2, 0.25) is 0 Å². The second-order valence-electron chi connectivity index (χ2n) is 6.81. The van der Waals surface area contributed by atoms with Gasteiger partial charge < -0.3 is 13.7 Å². The minimum Gasteiger partial charge on any atom is -0.493 e. The molecule has 0 atom stereocenters. The van der Waals surface area contributed by atoms with Gasteiger partial charge in [-0.1, -0.05) is 44.7 Å². The molecule has 0 spiro atoms. The fourth-order valence-corrected chi connectivity index (χ4v) is 3.13. The molecule has 2 heterocycles. The van der Waals surface area contributed by atoms with Crippen molar-refractivity contribution in [3.63, 3.8) is 0 Å². The second kappa shape index (κ2) is 7.35. The lowest BCUT2D eigenvalue weighted by molar-refractivity contribution is 0.343. The summed E-state index contributed by atoms with van der Waals surface area (Å²) in [6.07, 6.45) is 1.63. The van der Waals surface area contributed by atoms with E-state index in [1.165, 1.54) is 5.56 Å². The molecule has 5 nitrogen and oxygen atoms in total. The molecule has 0 aliphatic carbocycles. The Morgan fingerprint density at radius 3 is 2.52 bits per heavy atom. The van der Waals surface area contributed by atoms with Crippen molar-refractivity contribution in [1.82, 2.24) is 14.8 Å². The minimum atomic E-state index is 0.158. The van der Waals surface area contributed by atoms with E-state index in [2.05, 4.69) is 43.1 Å². The number of thioether (sulfide) groups is 1. The Labute approximate surface area is 152 Å². The molecular formula is C19H23N3O2S. The van der Waals surface area contributed by atoms with E-state index in [4.69, 9.17) is 9.15 Å². The van der Waals surface area contributed by atoms with Gasteiger partial charge in [-0.15, -0.1) is 10.2 Å². The first-order chi connectivity index (χ1) is 11.9. The molecule has 6 heteroatoms. The van der Waals surface area contributed by atoms with E-state index in [0.717, 1.165) is 28.2 Å². The van der Waals surface area contributed by atoms with Gasteiger partial charge in [-0.2, -0.15) is 0 Å². The summed E-state index contributed by atoms with van der Waals surface area (Å²) in [5.74, 6) is 3.14. The molecule has 0 bridgehead atoms. The Morgan fingerprint density at radius 1 is 1.12 bits per heavy atom. The average Bonchev–Trinajstić information content (AvgIpc) is 3.21. The molecule has 25 heavy (non-hydrogen) atoms. The van der Waals surface area contributed by atoms with Crippen LogP contribution in [0.3, 0.4) is 0 Å². The molecule has 0 N–H and O–H groups in total. The molecular weight excluding hydrogens is 334 g/mol. The minimum absolute atomic E-state index is 0.158. The Morgan fingerprint density at radius 2 is 1.88 bits per heavy atom. The smallest absolute Gasteiger partial charge is 0.200 e. The fraction of sp³-hybridized carbons (Fsp3) is 0.368. The molecule has 0 fully saturated rings. The zero-order valence-electron chi connectivity index (χ0n) is 15.0. The molecule has 1 aromatic carbocycles. The van der Waals surface area contributed by atoms with Gasteiger partial charge in [0.05, 0.1) is 12.9 Å². The molecule has 0 aliphatic heterocycles. The standard InChI is InChI=1S/C19H23N3O2S/c1-19(2,3)14-7-9-15(10-8-14)23-12-13-25-18-21-20-17(22(18)4)16-6-5-11-24-16/h5-11H,12-13H2,1-4H3. The topological polar surface area (TPSA) is 53.1 Å². The van der Waals surface area contributed by atoms with Gasteiger partial charge in [-0.05, 0) is 35.2 Å². The van der Waals surface area contributed by atoms with Crippen LogP contribution in [0.25, 0.3) is 11.6 Å². The average molecular weight is 357 g/mol. The van der Waals surface area contributed by atoms with Crippen LogP contribution in [0.1, 0.15) is 26.3 Å². The van der Waals surface area contributed by atoms with Crippen molar-refractivity contribution in [1.29, 1.82) is 0 Å². The summed E-state index contributed by atoms with van der Waals surface area (Å²) in [7, 11) is 1.94. The molecule has 0 unspecified atom stereocenters. The molecule has 0 saturated heterocycles. The SMILES string of the molecule is Cn1c(SCCOc2ccc(C(C)(C)C)cc2)nnc1-c1ccco1. The lowest BCUT2D eigenvalue weighted by Gasteiger charge is -2.19. The number of hydrogen-bond acceptors (Lipinski definition) is 5. The summed E-state index contributed by atoms with van der Waals surface area (Å²) in [6, 6.07) is 12.0. The first-order valence-electron chi connectivity index (χ1n) is 8.24. The van der Waals surface area contributed by atoms with Crippen LogP contribution in [0.2, 0.25) is 0 Å². The molecule has 0 radical (unpaired) electrons. The van der Waals surface area contributed by atoms with Gasteiger partial charge in [-0.25, -0.2) is 0 Å². The van der Waals surface area contributed by atoms with Crippen molar-refractivity contribution in [2.24, 2.45) is 7.05 Å². The number of benzene rings is 1. The number of furan rings is 1. The maximum atomic E-state index is 5.82. The maximum Gasteiger partial charge on any atom is 0.200 e. The highest BCUT2D eigenvalue weighted by Crippen LogP contribution is 2.25. The van der Waals surface area contributed by atoms with Crippen LogP contribution in [0, 0.1) is 0 Å². The molecule has 0 aliphatic rings. The van der Waals surface area contributed by atoms with Gasteiger partial charge in [0.1, 0.15) is 5.75 Å². The van der Waals surface area contributed by atoms with Crippen molar-refractivity contribution in [2.45, 2.75) is 31.3 Å². The zero-order chi connectivity index (χ0) is 17.9. The highest BCUT2D eigenvalue weighted by atomic mass is 32.2. The highest BCUT2D eigenvalue weighted by molar-refractivity contribution is 7.99. The zero-order valence-corrected chi connectivity index (χ0v) is 15.8. The number of rotatable bonds is 6. The lowest BCUT2D eigenvalue weighted by atomic mass is 9.87. The summed E-state index contributed by atoms with van der Waals surface area (Å²) >= 11 is 1.61. The summed E-state index contributed by atoms with van der Waals surface area (Å²) in [5.41, 5.74) is 1.46. The van der Waals surface area contributed by atoms with Crippen molar-refractivity contribution in [3.8, 4) is 17.3 Å². The third-order valence-corrected chi connectivity index (χ3v) is 4.86. The largest absolute Gasteiger partial charge is 0.493 e. The fourth-order valence-electron chi connectivity index (χ4n) is 2.40. The van der Waals surface area contributed by atoms with E-state index < -0.39 is 0 Å². The predicted molar refractivity (Wildman–Crippen MR) is 100 cm³/mol. The van der Waals surface area contributed by atoms with Crippen molar-refractivity contribution in [3.05, 3.63) is 48.2 Å². The normalized spacial score (nSPS) is 11.7. The van der Waals surface area contributed by atoms with Crippen LogP contribution in [-0.2, 0) is 12.5 Å². The number of ether oxygens (including phenoxy) is 1. The first kappa shape index (κ1) is 17.6. The van der Waals surface area contributed by atoms with Crippen LogP contribution in [0.15, 0.2) is 52.2 Å². The summed E-state index contributed by atoms with van der Waals surface area (Å²) in [5, 5.41) is 9.25. The highest BCUT2D eigenvalue weighted by Gasteiger charge is 2.14. The Hall–Kier alpha value is -2.21. The molecule has 132 valence electrons. The van der Waals surface area contributed by atoms with E-state index in [9.17, 15) is 0 Å². The van der Waals surface area contributed by atoms with E-state index in [1.54, 1.807) is 18.0 Å². The first-order valence-corrected chi connectivity index (χ1v) is 9.23. The van der Waals surface area contributed by atoms with Crippen molar-refractivity contribution >= 4 is 11.8 Å². The van der Waals surface area contributed by atoms with Gasteiger partial charge in [-0.3, -0.25) is 0 Å². The van der Waals surface area contributed by atoms with Gasteiger partial charge >= 0.3 is 0 Å². The van der Waals surface area contributed by atoms with Crippen LogP contribution in [0.5, 0.6) is 5.75 Å². The lowest BCUT2D eigenvalue weighted by Crippen LogP contribution is -2.10. The van der Waals surface area contributed by atoms with E-state index in [-0.39, 0.29) is 5.41 Å². The number of nitrogens with zero attached hydrogens (tertiary/aromatic N) is 3. The molecule has 0 saturated carbocycles. The third-order valence-electron chi connectivity index (χ3n) is 3.88. The van der Waals surface area contributed by atoms with Crippen LogP contribution >= 0.6 is 11.8 Å². The monoisotopic (exact) mass is 357 g/mol. The molecule has 3 aromatic rings. The number of aromatic nitrogens is 3. The second-order valence-corrected chi connectivity index (χ2v) is 7.88. The summed E-state index contributed by atoms with van der Waals surface area (Å²) < 4.78 is 13.1. The van der Waals surface area contributed by atoms with Crippen LogP contribution < -0.4 is 4.74 Å². The Balaban J connectivity index is 1.51. The van der Waals surface area contributed by atoms with E-state index in [1.807, 2.05) is 35.9 Å². The Kier molecular flexibility index (Phi) is 5.18. The number of hydrogen-bond donors (Lipinski definition) is 0. The summed E-state index contributed by atoms with van der Waals surface area (Å²) in [6.45, 7) is 7.23. The molecule has 0 amide bonds. The predicted octanol–water partition coefficient (Wildman–Crippen LogP) is 4.54. The van der Waals surface area contributed by atoms with Crippen molar-refractivity contribution < 1.29 is 9.15 Å². The molecule has 3 rings (SSSR count). The maximum absolute atomic E-state index is 5.82. The van der Waals surface area contributed by atoms with Gasteiger partial charge in [0.15, 0.2) is 16.7 Å². The van der Waals surface area contributed by atoms with E-state index >= 15 is 0 Å². The van der Waals surface area contributed by atoms with Crippen molar-refractivity contribution in [2.75, 3.05) is 12.4 Å². The van der Waals surface area contributed by atoms with E-state index in [0.29, 0.717) is 6.61 Å².